The van der Waals surface area contributed by atoms with Gasteiger partial charge in [-0.3, -0.25) is 4.79 Å². The second-order valence-corrected chi connectivity index (χ2v) is 5.74. The number of nitrogens with one attached hydrogen (secondary N) is 1. The fraction of sp³-hybridized carbons (Fsp3) is 0.933. The van der Waals surface area contributed by atoms with E-state index < -0.39 is 6.10 Å². The Bertz CT molecular complexity index is 227. The average molecular weight is 305 g/mol. The average Bonchev–Trinajstić information content (AvgIpc) is 2.46. The highest BCUT2D eigenvalue weighted by Gasteiger charge is 2.05. The first-order valence-electron chi connectivity index (χ1n) is 7.87. The molecule has 3 N–H and O–H groups in total. The van der Waals surface area contributed by atoms with Crippen LogP contribution < -0.4 is 5.32 Å². The highest BCUT2D eigenvalue weighted by Crippen LogP contribution is 2.10. The van der Waals surface area contributed by atoms with Gasteiger partial charge in [0.05, 0.1) is 12.7 Å². The minimum atomic E-state index is -0.846. The van der Waals surface area contributed by atoms with Crippen molar-refractivity contribution in [2.75, 3.05) is 18.9 Å². The van der Waals surface area contributed by atoms with Crippen LogP contribution >= 0.6 is 12.6 Å². The third-order valence-electron chi connectivity index (χ3n) is 3.31. The van der Waals surface area contributed by atoms with Crippen LogP contribution in [0.2, 0.25) is 0 Å². The second-order valence-electron chi connectivity index (χ2n) is 5.30. The molecule has 0 saturated heterocycles. The van der Waals surface area contributed by atoms with Crippen molar-refractivity contribution >= 4 is 18.5 Å². The maximum absolute atomic E-state index is 11.4. The number of rotatable bonds is 14. The van der Waals surface area contributed by atoms with E-state index in [4.69, 9.17) is 10.2 Å². The van der Waals surface area contributed by atoms with Crippen LogP contribution in [0.4, 0.5) is 0 Å². The molecule has 0 aromatic carbocycles. The summed E-state index contributed by atoms with van der Waals surface area (Å²) in [5.74, 6) is 0.960. The lowest BCUT2D eigenvalue weighted by molar-refractivity contribution is -0.121. The molecule has 0 aromatic heterocycles. The molecule has 0 bridgehead atoms. The summed E-state index contributed by atoms with van der Waals surface area (Å²) in [5.41, 5.74) is 0. The molecule has 0 spiro atoms. The van der Waals surface area contributed by atoms with Gasteiger partial charge in [0.1, 0.15) is 0 Å². The van der Waals surface area contributed by atoms with Crippen molar-refractivity contribution in [1.82, 2.24) is 5.32 Å². The molecular weight excluding hydrogens is 274 g/mol. The molecular formula is C15H31NO3S. The Morgan fingerprint density at radius 2 is 1.45 bits per heavy atom. The van der Waals surface area contributed by atoms with Gasteiger partial charge < -0.3 is 15.5 Å². The van der Waals surface area contributed by atoms with E-state index in [1.807, 2.05) is 0 Å². The predicted octanol–water partition coefficient (Wildman–Crippen LogP) is 2.29. The Kier molecular flexibility index (Phi) is 14.9. The van der Waals surface area contributed by atoms with Crippen molar-refractivity contribution in [3.8, 4) is 0 Å². The zero-order chi connectivity index (χ0) is 15.1. The number of unbranched alkanes of at least 4 members (excludes halogenated alkanes) is 8. The van der Waals surface area contributed by atoms with E-state index in [2.05, 4.69) is 17.9 Å². The van der Waals surface area contributed by atoms with Crippen molar-refractivity contribution in [2.45, 2.75) is 70.3 Å². The second kappa shape index (κ2) is 15.1. The van der Waals surface area contributed by atoms with Crippen molar-refractivity contribution in [3.63, 3.8) is 0 Å². The van der Waals surface area contributed by atoms with Gasteiger partial charge in [0, 0.05) is 13.0 Å². The standard InChI is InChI=1S/C15H31NO3S/c17-13-14(18)12-16-15(19)10-8-6-4-2-1-3-5-7-9-11-20/h14,17-18,20H,1-13H2,(H,16,19). The maximum atomic E-state index is 11.4. The van der Waals surface area contributed by atoms with Crippen molar-refractivity contribution < 1.29 is 15.0 Å². The molecule has 0 fully saturated rings. The summed E-state index contributed by atoms with van der Waals surface area (Å²) in [7, 11) is 0. The van der Waals surface area contributed by atoms with Crippen LogP contribution in [0.1, 0.15) is 64.2 Å². The first kappa shape index (κ1) is 19.7. The van der Waals surface area contributed by atoms with Crippen molar-refractivity contribution in [2.24, 2.45) is 0 Å². The van der Waals surface area contributed by atoms with Crippen molar-refractivity contribution in [1.29, 1.82) is 0 Å². The van der Waals surface area contributed by atoms with Crippen LogP contribution in [0.3, 0.4) is 0 Å². The maximum Gasteiger partial charge on any atom is 0.220 e. The molecule has 20 heavy (non-hydrogen) atoms. The first-order valence-corrected chi connectivity index (χ1v) is 8.50. The van der Waals surface area contributed by atoms with E-state index in [1.54, 1.807) is 0 Å². The molecule has 5 heteroatoms. The highest BCUT2D eigenvalue weighted by atomic mass is 32.1. The van der Waals surface area contributed by atoms with Gasteiger partial charge in [-0.2, -0.15) is 12.6 Å². The Labute approximate surface area is 128 Å². The molecule has 0 rings (SSSR count). The van der Waals surface area contributed by atoms with Crippen LogP contribution in [0.25, 0.3) is 0 Å². The lowest BCUT2D eigenvalue weighted by Crippen LogP contribution is -2.33. The molecule has 0 aliphatic carbocycles. The zero-order valence-electron chi connectivity index (χ0n) is 12.5. The van der Waals surface area contributed by atoms with Gasteiger partial charge in [0.25, 0.3) is 0 Å². The number of hydrogen-bond donors (Lipinski definition) is 4. The molecule has 0 aromatic rings. The summed E-state index contributed by atoms with van der Waals surface area (Å²) < 4.78 is 0. The number of thiol groups is 1. The SMILES string of the molecule is O=C(CCCCCCCCCCCS)NCC(O)CO. The smallest absolute Gasteiger partial charge is 0.220 e. The van der Waals surface area contributed by atoms with Gasteiger partial charge in [-0.1, -0.05) is 44.9 Å². The quantitative estimate of drug-likeness (QED) is 0.294. The minimum absolute atomic E-state index is 0.0377. The molecule has 0 saturated carbocycles. The molecule has 0 aliphatic heterocycles. The number of aliphatic hydroxyl groups excluding tert-OH is 2. The summed E-state index contributed by atoms with van der Waals surface area (Å²) >= 11 is 4.19. The van der Waals surface area contributed by atoms with Gasteiger partial charge in [-0.15, -0.1) is 0 Å². The Hall–Kier alpha value is -0.260. The third-order valence-corrected chi connectivity index (χ3v) is 3.62. The van der Waals surface area contributed by atoms with E-state index in [-0.39, 0.29) is 19.1 Å². The van der Waals surface area contributed by atoms with Crippen LogP contribution in [-0.4, -0.2) is 41.1 Å². The largest absolute Gasteiger partial charge is 0.394 e. The van der Waals surface area contributed by atoms with Crippen LogP contribution in [0, 0.1) is 0 Å². The van der Waals surface area contributed by atoms with Gasteiger partial charge >= 0.3 is 0 Å². The lowest BCUT2D eigenvalue weighted by Gasteiger charge is -2.08. The Morgan fingerprint density at radius 1 is 0.950 bits per heavy atom. The zero-order valence-corrected chi connectivity index (χ0v) is 13.4. The van der Waals surface area contributed by atoms with Crippen molar-refractivity contribution in [3.05, 3.63) is 0 Å². The summed E-state index contributed by atoms with van der Waals surface area (Å²) in [4.78, 5) is 11.4. The van der Waals surface area contributed by atoms with Gasteiger partial charge in [0.2, 0.25) is 5.91 Å². The molecule has 0 radical (unpaired) electrons. The third kappa shape index (κ3) is 14.2. The van der Waals surface area contributed by atoms with Gasteiger partial charge in [-0.05, 0) is 18.6 Å². The molecule has 1 unspecified atom stereocenters. The van der Waals surface area contributed by atoms with E-state index >= 15 is 0 Å². The fourth-order valence-electron chi connectivity index (χ4n) is 2.02. The Balaban J connectivity index is 3.17. The molecule has 0 heterocycles. The number of carbonyl (C=O) groups excluding carboxylic acids is 1. The monoisotopic (exact) mass is 305 g/mol. The molecule has 1 atom stereocenters. The van der Waals surface area contributed by atoms with E-state index in [0.29, 0.717) is 6.42 Å². The van der Waals surface area contributed by atoms with Gasteiger partial charge in [0.15, 0.2) is 0 Å². The number of hydrogen-bond acceptors (Lipinski definition) is 4. The molecule has 1 amide bonds. The van der Waals surface area contributed by atoms with E-state index in [1.165, 1.54) is 44.9 Å². The van der Waals surface area contributed by atoms with E-state index in [9.17, 15) is 4.79 Å². The number of carbonyl (C=O) groups is 1. The molecule has 0 aliphatic rings. The molecule has 4 nitrogen and oxygen atoms in total. The van der Waals surface area contributed by atoms with Crippen LogP contribution in [0.5, 0.6) is 0 Å². The summed E-state index contributed by atoms with van der Waals surface area (Å²) in [6.45, 7) is -0.171. The van der Waals surface area contributed by atoms with Crippen LogP contribution in [-0.2, 0) is 4.79 Å². The normalized spacial score (nSPS) is 12.3. The number of aliphatic hydroxyl groups is 2. The van der Waals surface area contributed by atoms with Gasteiger partial charge in [-0.25, -0.2) is 0 Å². The predicted molar refractivity (Wildman–Crippen MR) is 86.1 cm³/mol. The van der Waals surface area contributed by atoms with E-state index in [0.717, 1.165) is 18.6 Å². The highest BCUT2D eigenvalue weighted by molar-refractivity contribution is 7.80. The fourth-order valence-corrected chi connectivity index (χ4v) is 2.24. The van der Waals surface area contributed by atoms with Crippen LogP contribution in [0.15, 0.2) is 0 Å². The molecule has 120 valence electrons. The topological polar surface area (TPSA) is 69.6 Å². The minimum Gasteiger partial charge on any atom is -0.394 e. The Morgan fingerprint density at radius 3 is 1.95 bits per heavy atom. The first-order chi connectivity index (χ1) is 9.70. The lowest BCUT2D eigenvalue weighted by atomic mass is 10.1. The number of amides is 1. The summed E-state index contributed by atoms with van der Waals surface area (Å²) in [6.07, 6.45) is 10.6. The summed E-state index contributed by atoms with van der Waals surface area (Å²) in [6, 6.07) is 0. The summed E-state index contributed by atoms with van der Waals surface area (Å²) in [5, 5.41) is 20.3.